The predicted octanol–water partition coefficient (Wildman–Crippen LogP) is 3.26. The average Bonchev–Trinajstić information content (AvgIpc) is 2.60. The lowest BCUT2D eigenvalue weighted by molar-refractivity contribution is -0.124. The zero-order chi connectivity index (χ0) is 18.7. The topological polar surface area (TPSA) is 70.7 Å². The average molecular weight is 353 g/mol. The van der Waals surface area contributed by atoms with Crippen LogP contribution in [0.15, 0.2) is 48.5 Å². The van der Waals surface area contributed by atoms with Crippen LogP contribution in [0.25, 0.3) is 0 Å². The third kappa shape index (κ3) is 3.64. The molecule has 2 N–H and O–H groups in total. The van der Waals surface area contributed by atoms with E-state index in [2.05, 4.69) is 10.6 Å². The summed E-state index contributed by atoms with van der Waals surface area (Å²) >= 11 is 0. The molecule has 6 heteroatoms. The van der Waals surface area contributed by atoms with Gasteiger partial charge in [-0.1, -0.05) is 12.1 Å². The zero-order valence-corrected chi connectivity index (χ0v) is 15.2. The monoisotopic (exact) mass is 353 g/mol. The van der Waals surface area contributed by atoms with Gasteiger partial charge in [0.15, 0.2) is 0 Å². The Morgan fingerprint density at radius 3 is 2.54 bits per heavy atom. The first-order valence-corrected chi connectivity index (χ1v) is 8.62. The van der Waals surface area contributed by atoms with Crippen LogP contribution in [0.1, 0.15) is 20.8 Å². The van der Waals surface area contributed by atoms with E-state index in [4.69, 9.17) is 4.74 Å². The van der Waals surface area contributed by atoms with Crippen molar-refractivity contribution in [3.05, 3.63) is 48.5 Å². The van der Waals surface area contributed by atoms with Crippen LogP contribution in [-0.4, -0.2) is 30.5 Å². The highest BCUT2D eigenvalue weighted by atomic mass is 16.5. The normalized spacial score (nSPS) is 15.0. The van der Waals surface area contributed by atoms with Crippen LogP contribution < -0.4 is 20.3 Å². The largest absolute Gasteiger partial charge is 0.494 e. The van der Waals surface area contributed by atoms with E-state index in [9.17, 15) is 9.59 Å². The SMILES string of the molecule is CCOc1ccc(NC(=O)CN2C(=O)C(C)(C)Nc3ccccc32)cc1. The lowest BCUT2D eigenvalue weighted by Crippen LogP contribution is -2.55. The number of fused-ring (bicyclic) bond motifs is 1. The number of nitrogens with one attached hydrogen (secondary N) is 2. The maximum Gasteiger partial charge on any atom is 0.252 e. The number of para-hydroxylation sites is 2. The molecule has 0 aromatic heterocycles. The van der Waals surface area contributed by atoms with Crippen molar-refractivity contribution < 1.29 is 14.3 Å². The van der Waals surface area contributed by atoms with E-state index in [1.807, 2.05) is 45.0 Å². The molecule has 0 atom stereocenters. The fourth-order valence-electron chi connectivity index (χ4n) is 2.95. The molecule has 2 aromatic carbocycles. The van der Waals surface area contributed by atoms with E-state index in [1.165, 1.54) is 4.90 Å². The first-order chi connectivity index (χ1) is 12.4. The fourth-order valence-corrected chi connectivity index (χ4v) is 2.95. The molecule has 6 nitrogen and oxygen atoms in total. The van der Waals surface area contributed by atoms with Gasteiger partial charge in [-0.2, -0.15) is 0 Å². The number of rotatable bonds is 5. The molecule has 1 aliphatic rings. The summed E-state index contributed by atoms with van der Waals surface area (Å²) in [5.41, 5.74) is 1.44. The molecule has 136 valence electrons. The first kappa shape index (κ1) is 17.8. The van der Waals surface area contributed by atoms with Crippen LogP contribution in [-0.2, 0) is 9.59 Å². The van der Waals surface area contributed by atoms with Crippen molar-refractivity contribution in [1.29, 1.82) is 0 Å². The maximum absolute atomic E-state index is 12.8. The van der Waals surface area contributed by atoms with Crippen LogP contribution in [0.2, 0.25) is 0 Å². The Labute approximate surface area is 153 Å². The highest BCUT2D eigenvalue weighted by Crippen LogP contribution is 2.34. The molecule has 26 heavy (non-hydrogen) atoms. The van der Waals surface area contributed by atoms with E-state index in [-0.39, 0.29) is 18.4 Å². The molecular weight excluding hydrogens is 330 g/mol. The van der Waals surface area contributed by atoms with Crippen molar-refractivity contribution in [2.45, 2.75) is 26.3 Å². The molecule has 0 saturated heterocycles. The van der Waals surface area contributed by atoms with E-state index >= 15 is 0 Å². The molecule has 0 fully saturated rings. The van der Waals surface area contributed by atoms with Gasteiger partial charge in [0.25, 0.3) is 5.91 Å². The van der Waals surface area contributed by atoms with Gasteiger partial charge in [0.05, 0.1) is 18.0 Å². The Morgan fingerprint density at radius 1 is 1.15 bits per heavy atom. The summed E-state index contributed by atoms with van der Waals surface area (Å²) in [5, 5.41) is 6.05. The van der Waals surface area contributed by atoms with Gasteiger partial charge >= 0.3 is 0 Å². The quantitative estimate of drug-likeness (QED) is 0.866. The number of carbonyl (C=O) groups is 2. The van der Waals surface area contributed by atoms with Gasteiger partial charge in [-0.3, -0.25) is 14.5 Å². The van der Waals surface area contributed by atoms with Crippen LogP contribution in [0.4, 0.5) is 17.1 Å². The van der Waals surface area contributed by atoms with Gasteiger partial charge in [-0.15, -0.1) is 0 Å². The second-order valence-corrected chi connectivity index (χ2v) is 6.66. The summed E-state index contributed by atoms with van der Waals surface area (Å²) in [6.45, 7) is 6.07. The molecular formula is C20H23N3O3. The molecule has 1 heterocycles. The molecule has 0 radical (unpaired) electrons. The van der Waals surface area contributed by atoms with Crippen LogP contribution >= 0.6 is 0 Å². The van der Waals surface area contributed by atoms with E-state index in [0.29, 0.717) is 18.0 Å². The number of amides is 2. The van der Waals surface area contributed by atoms with Gasteiger partial charge in [-0.25, -0.2) is 0 Å². The Morgan fingerprint density at radius 2 is 1.85 bits per heavy atom. The third-order valence-corrected chi connectivity index (χ3v) is 4.17. The standard InChI is InChI=1S/C20H23N3O3/c1-4-26-15-11-9-14(10-12-15)21-18(24)13-23-17-8-6-5-7-16(17)22-20(2,3)19(23)25/h5-12,22H,4,13H2,1-3H3,(H,21,24). The Kier molecular flexibility index (Phi) is 4.84. The van der Waals surface area contributed by atoms with Crippen molar-refractivity contribution in [3.63, 3.8) is 0 Å². The number of nitrogens with zero attached hydrogens (tertiary/aromatic N) is 1. The molecule has 0 unspecified atom stereocenters. The van der Waals surface area contributed by atoms with Crippen molar-refractivity contribution in [2.24, 2.45) is 0 Å². The van der Waals surface area contributed by atoms with Gasteiger partial charge in [-0.05, 0) is 57.2 Å². The summed E-state index contributed by atoms with van der Waals surface area (Å²) in [4.78, 5) is 26.8. The molecule has 1 aliphatic heterocycles. The van der Waals surface area contributed by atoms with E-state index < -0.39 is 5.54 Å². The number of anilines is 3. The molecule has 0 saturated carbocycles. The Hall–Kier alpha value is -3.02. The van der Waals surface area contributed by atoms with Gasteiger partial charge < -0.3 is 15.4 Å². The predicted molar refractivity (Wildman–Crippen MR) is 103 cm³/mol. The molecule has 0 bridgehead atoms. The van der Waals surface area contributed by atoms with Crippen molar-refractivity contribution in [3.8, 4) is 5.75 Å². The highest BCUT2D eigenvalue weighted by molar-refractivity contribution is 6.11. The molecule has 0 aliphatic carbocycles. The summed E-state index contributed by atoms with van der Waals surface area (Å²) < 4.78 is 5.39. The summed E-state index contributed by atoms with van der Waals surface area (Å²) in [6.07, 6.45) is 0. The van der Waals surface area contributed by atoms with Crippen LogP contribution in [0, 0.1) is 0 Å². The van der Waals surface area contributed by atoms with Gasteiger partial charge in [0.1, 0.15) is 17.8 Å². The Balaban J connectivity index is 1.74. The third-order valence-electron chi connectivity index (χ3n) is 4.17. The lowest BCUT2D eigenvalue weighted by Gasteiger charge is -2.39. The van der Waals surface area contributed by atoms with Gasteiger partial charge in [0.2, 0.25) is 5.91 Å². The van der Waals surface area contributed by atoms with E-state index in [1.54, 1.807) is 24.3 Å². The maximum atomic E-state index is 12.8. The molecule has 2 aromatic rings. The smallest absolute Gasteiger partial charge is 0.252 e. The van der Waals surface area contributed by atoms with Gasteiger partial charge in [0, 0.05) is 5.69 Å². The molecule has 2 amide bonds. The summed E-state index contributed by atoms with van der Waals surface area (Å²) in [5.74, 6) is 0.353. The highest BCUT2D eigenvalue weighted by Gasteiger charge is 2.39. The number of hydrogen-bond acceptors (Lipinski definition) is 4. The second kappa shape index (κ2) is 7.07. The minimum Gasteiger partial charge on any atom is -0.494 e. The number of hydrogen-bond donors (Lipinski definition) is 2. The molecule has 0 spiro atoms. The minimum atomic E-state index is -0.770. The Bertz CT molecular complexity index is 815. The number of carbonyl (C=O) groups excluding carboxylic acids is 2. The van der Waals surface area contributed by atoms with Crippen molar-refractivity contribution in [2.75, 3.05) is 28.7 Å². The number of benzene rings is 2. The second-order valence-electron chi connectivity index (χ2n) is 6.66. The molecule has 3 rings (SSSR count). The minimum absolute atomic E-state index is 0.0475. The summed E-state index contributed by atoms with van der Waals surface area (Å²) in [6, 6.07) is 14.6. The fraction of sp³-hybridized carbons (Fsp3) is 0.300. The first-order valence-electron chi connectivity index (χ1n) is 8.62. The summed E-state index contributed by atoms with van der Waals surface area (Å²) in [7, 11) is 0. The van der Waals surface area contributed by atoms with Crippen molar-refractivity contribution >= 4 is 28.9 Å². The number of ether oxygens (including phenoxy) is 1. The van der Waals surface area contributed by atoms with E-state index in [0.717, 1.165) is 11.4 Å². The van der Waals surface area contributed by atoms with Crippen LogP contribution in [0.5, 0.6) is 5.75 Å². The zero-order valence-electron chi connectivity index (χ0n) is 15.2. The van der Waals surface area contributed by atoms with Crippen molar-refractivity contribution in [1.82, 2.24) is 0 Å². The lowest BCUT2D eigenvalue weighted by atomic mass is 9.98. The van der Waals surface area contributed by atoms with Crippen LogP contribution in [0.3, 0.4) is 0 Å².